The first-order valence-electron chi connectivity index (χ1n) is 5.85. The molecule has 1 unspecified atom stereocenters. The lowest BCUT2D eigenvalue weighted by molar-refractivity contribution is -0.141. The van der Waals surface area contributed by atoms with Crippen LogP contribution in [-0.4, -0.2) is 38.4 Å². The summed E-state index contributed by atoms with van der Waals surface area (Å²) in [6.45, 7) is 1.80. The molecule has 106 valence electrons. The van der Waals surface area contributed by atoms with Gasteiger partial charge in [-0.1, -0.05) is 22.9 Å². The van der Waals surface area contributed by atoms with Gasteiger partial charge in [0.15, 0.2) is 5.82 Å². The molecule has 0 spiro atoms. The average Bonchev–Trinajstić information content (AvgIpc) is 2.86. The third-order valence-electron chi connectivity index (χ3n) is 2.80. The topological polar surface area (TPSA) is 90.1 Å². The van der Waals surface area contributed by atoms with E-state index in [0.29, 0.717) is 17.1 Å². The van der Waals surface area contributed by atoms with E-state index in [0.717, 1.165) is 4.47 Å². The maximum Gasteiger partial charge on any atom is 0.308 e. The van der Waals surface area contributed by atoms with Crippen LogP contribution in [0, 0.1) is 5.92 Å². The Morgan fingerprint density at radius 1 is 1.55 bits per heavy atom. The second-order valence-corrected chi connectivity index (χ2v) is 5.18. The number of aliphatic carboxylic acids is 1. The van der Waals surface area contributed by atoms with Gasteiger partial charge in [-0.05, 0) is 28.6 Å². The maximum absolute atomic E-state index is 10.9. The van der Waals surface area contributed by atoms with Gasteiger partial charge in [0, 0.05) is 4.47 Å². The molecular weight excluding hydrogens is 328 g/mol. The van der Waals surface area contributed by atoms with Gasteiger partial charge in [0.05, 0.1) is 25.1 Å². The van der Waals surface area contributed by atoms with Crippen LogP contribution in [0.5, 0.6) is 5.75 Å². The van der Waals surface area contributed by atoms with Crippen molar-refractivity contribution in [1.29, 1.82) is 0 Å². The van der Waals surface area contributed by atoms with Crippen molar-refractivity contribution in [1.82, 2.24) is 20.2 Å². The number of ether oxygens (including phenoxy) is 1. The van der Waals surface area contributed by atoms with Crippen LogP contribution in [0.4, 0.5) is 0 Å². The molecule has 20 heavy (non-hydrogen) atoms. The molecule has 0 aliphatic heterocycles. The second kappa shape index (κ2) is 6.00. The largest absolute Gasteiger partial charge is 0.496 e. The number of rotatable bonds is 5. The monoisotopic (exact) mass is 340 g/mol. The SMILES string of the molecule is COc1cc(Br)ccc1-c1nnnn1CC(C)C(=O)O. The molecular formula is C12H13BrN4O3. The summed E-state index contributed by atoms with van der Waals surface area (Å²) in [5.74, 6) is -0.395. The summed E-state index contributed by atoms with van der Waals surface area (Å²) in [5, 5.41) is 20.4. The predicted molar refractivity (Wildman–Crippen MR) is 74.3 cm³/mol. The van der Waals surface area contributed by atoms with Gasteiger partial charge in [-0.3, -0.25) is 4.79 Å². The highest BCUT2D eigenvalue weighted by Crippen LogP contribution is 2.31. The Morgan fingerprint density at radius 2 is 2.30 bits per heavy atom. The van der Waals surface area contributed by atoms with Gasteiger partial charge < -0.3 is 9.84 Å². The van der Waals surface area contributed by atoms with Crippen LogP contribution in [0.15, 0.2) is 22.7 Å². The first kappa shape index (κ1) is 14.4. The number of carboxylic acid groups (broad SMARTS) is 1. The minimum absolute atomic E-state index is 0.191. The molecule has 0 fully saturated rings. The molecule has 1 atom stereocenters. The van der Waals surface area contributed by atoms with E-state index in [4.69, 9.17) is 9.84 Å². The van der Waals surface area contributed by atoms with Crippen LogP contribution in [-0.2, 0) is 11.3 Å². The standard InChI is InChI=1S/C12H13BrN4O3/c1-7(12(18)19)6-17-11(14-15-16-17)9-4-3-8(13)5-10(9)20-2/h3-5,7H,6H2,1-2H3,(H,18,19). The molecule has 0 aliphatic carbocycles. The van der Waals surface area contributed by atoms with E-state index in [-0.39, 0.29) is 6.54 Å². The fourth-order valence-corrected chi connectivity index (χ4v) is 2.05. The molecule has 1 aromatic carbocycles. The molecule has 0 saturated heterocycles. The molecule has 2 rings (SSSR count). The lowest BCUT2D eigenvalue weighted by Crippen LogP contribution is -2.18. The van der Waals surface area contributed by atoms with E-state index in [1.807, 2.05) is 12.1 Å². The van der Waals surface area contributed by atoms with Crippen molar-refractivity contribution in [3.8, 4) is 17.1 Å². The molecule has 0 radical (unpaired) electrons. The molecule has 0 bridgehead atoms. The number of halogens is 1. The zero-order valence-electron chi connectivity index (χ0n) is 10.9. The van der Waals surface area contributed by atoms with Crippen LogP contribution in [0.2, 0.25) is 0 Å². The van der Waals surface area contributed by atoms with E-state index in [1.54, 1.807) is 20.1 Å². The van der Waals surface area contributed by atoms with E-state index >= 15 is 0 Å². The Hall–Kier alpha value is -1.96. The highest BCUT2D eigenvalue weighted by Gasteiger charge is 2.18. The van der Waals surface area contributed by atoms with Gasteiger partial charge in [0.2, 0.25) is 0 Å². The molecule has 0 saturated carbocycles. The summed E-state index contributed by atoms with van der Waals surface area (Å²) < 4.78 is 7.64. The summed E-state index contributed by atoms with van der Waals surface area (Å²) in [7, 11) is 1.55. The van der Waals surface area contributed by atoms with Crippen molar-refractivity contribution in [2.45, 2.75) is 13.5 Å². The first-order valence-corrected chi connectivity index (χ1v) is 6.65. The molecule has 1 heterocycles. The van der Waals surface area contributed by atoms with Crippen molar-refractivity contribution in [2.24, 2.45) is 5.92 Å². The quantitative estimate of drug-likeness (QED) is 0.892. The van der Waals surface area contributed by atoms with Crippen LogP contribution >= 0.6 is 15.9 Å². The lowest BCUT2D eigenvalue weighted by atomic mass is 10.1. The third-order valence-corrected chi connectivity index (χ3v) is 3.30. The summed E-state index contributed by atoms with van der Waals surface area (Å²) in [4.78, 5) is 10.9. The second-order valence-electron chi connectivity index (χ2n) is 4.27. The molecule has 0 amide bonds. The van der Waals surface area contributed by atoms with Crippen LogP contribution in [0.1, 0.15) is 6.92 Å². The van der Waals surface area contributed by atoms with Crippen molar-refractivity contribution >= 4 is 21.9 Å². The minimum atomic E-state index is -0.894. The maximum atomic E-state index is 10.9. The minimum Gasteiger partial charge on any atom is -0.496 e. The number of benzene rings is 1. The summed E-state index contributed by atoms with van der Waals surface area (Å²) >= 11 is 3.36. The Bertz CT molecular complexity index is 629. The van der Waals surface area contributed by atoms with Gasteiger partial charge >= 0.3 is 5.97 Å². The number of carbonyl (C=O) groups is 1. The summed E-state index contributed by atoms with van der Waals surface area (Å²) in [6, 6.07) is 5.46. The Balaban J connectivity index is 2.39. The van der Waals surface area contributed by atoms with E-state index in [1.165, 1.54) is 4.68 Å². The average molecular weight is 341 g/mol. The first-order chi connectivity index (χ1) is 9.52. The lowest BCUT2D eigenvalue weighted by Gasteiger charge is -2.10. The molecule has 2 aromatic rings. The van der Waals surface area contributed by atoms with Gasteiger partial charge in [0.1, 0.15) is 5.75 Å². The third kappa shape index (κ3) is 2.96. The summed E-state index contributed by atoms with van der Waals surface area (Å²) in [5.41, 5.74) is 0.707. The molecule has 1 aromatic heterocycles. The zero-order chi connectivity index (χ0) is 14.7. The van der Waals surface area contributed by atoms with Crippen LogP contribution in [0.3, 0.4) is 0 Å². The van der Waals surface area contributed by atoms with Crippen molar-refractivity contribution in [3.05, 3.63) is 22.7 Å². The highest BCUT2D eigenvalue weighted by molar-refractivity contribution is 9.10. The van der Waals surface area contributed by atoms with Crippen molar-refractivity contribution in [3.63, 3.8) is 0 Å². The van der Waals surface area contributed by atoms with Gasteiger partial charge in [-0.15, -0.1) is 5.10 Å². The number of methoxy groups -OCH3 is 1. The number of tetrazole rings is 1. The van der Waals surface area contributed by atoms with Crippen LogP contribution in [0.25, 0.3) is 11.4 Å². The predicted octanol–water partition coefficient (Wildman–Crippen LogP) is 1.83. The molecule has 7 nitrogen and oxygen atoms in total. The smallest absolute Gasteiger partial charge is 0.308 e. The highest BCUT2D eigenvalue weighted by atomic mass is 79.9. The van der Waals surface area contributed by atoms with E-state index in [9.17, 15) is 4.79 Å². The zero-order valence-corrected chi connectivity index (χ0v) is 12.5. The Morgan fingerprint density at radius 3 is 2.95 bits per heavy atom. The van der Waals surface area contributed by atoms with Crippen molar-refractivity contribution in [2.75, 3.05) is 7.11 Å². The number of aromatic nitrogens is 4. The van der Waals surface area contributed by atoms with Gasteiger partial charge in [-0.25, -0.2) is 4.68 Å². The van der Waals surface area contributed by atoms with E-state index in [2.05, 4.69) is 31.5 Å². The van der Waals surface area contributed by atoms with Gasteiger partial charge in [0.25, 0.3) is 0 Å². The van der Waals surface area contributed by atoms with E-state index < -0.39 is 11.9 Å². The molecule has 0 aliphatic rings. The van der Waals surface area contributed by atoms with Crippen LogP contribution < -0.4 is 4.74 Å². The summed E-state index contributed by atoms with van der Waals surface area (Å²) in [6.07, 6.45) is 0. The fraction of sp³-hybridized carbons (Fsp3) is 0.333. The number of nitrogens with zero attached hydrogens (tertiary/aromatic N) is 4. The Kier molecular flexibility index (Phi) is 4.33. The number of carboxylic acids is 1. The van der Waals surface area contributed by atoms with Gasteiger partial charge in [-0.2, -0.15) is 0 Å². The number of hydrogen-bond acceptors (Lipinski definition) is 5. The number of hydrogen-bond donors (Lipinski definition) is 1. The van der Waals surface area contributed by atoms with Crippen molar-refractivity contribution < 1.29 is 14.6 Å². The molecule has 8 heteroatoms. The normalized spacial score (nSPS) is 12.2. The fourth-order valence-electron chi connectivity index (χ4n) is 1.71. The Labute approximate surface area is 123 Å². The molecule has 1 N–H and O–H groups in total.